The van der Waals surface area contributed by atoms with Crippen LogP contribution in [-0.2, 0) is 4.79 Å². The van der Waals surface area contributed by atoms with E-state index in [2.05, 4.69) is 24.5 Å². The Labute approximate surface area is 91.4 Å². The molecule has 1 unspecified atom stereocenters. The third kappa shape index (κ3) is 1.88. The fraction of sp³-hybridized carbons (Fsp3) is 0.909. The molecule has 0 bridgehead atoms. The van der Waals surface area contributed by atoms with Gasteiger partial charge in [-0.1, -0.05) is 0 Å². The number of hydrogen-bond donors (Lipinski definition) is 2. The van der Waals surface area contributed by atoms with Crippen molar-refractivity contribution in [3.8, 4) is 0 Å². The Bertz CT molecular complexity index is 273. The molecule has 2 saturated heterocycles. The number of carbonyl (C=O) groups excluding carboxylic acids is 1. The van der Waals surface area contributed by atoms with Crippen molar-refractivity contribution >= 4 is 5.91 Å². The second-order valence-electron chi connectivity index (χ2n) is 5.47. The van der Waals surface area contributed by atoms with Crippen LogP contribution in [0.25, 0.3) is 0 Å². The molecule has 1 spiro atoms. The van der Waals surface area contributed by atoms with Crippen molar-refractivity contribution in [3.05, 3.63) is 0 Å². The zero-order valence-corrected chi connectivity index (χ0v) is 9.89. The first-order valence-corrected chi connectivity index (χ1v) is 5.71. The Morgan fingerprint density at radius 3 is 2.67 bits per heavy atom. The third-order valence-corrected chi connectivity index (χ3v) is 3.57. The zero-order valence-electron chi connectivity index (χ0n) is 9.89. The predicted octanol–water partition coefficient (Wildman–Crippen LogP) is -0.0512. The van der Waals surface area contributed by atoms with Crippen molar-refractivity contribution in [2.24, 2.45) is 0 Å². The molecular weight excluding hydrogens is 190 g/mol. The molecule has 2 aliphatic rings. The van der Waals surface area contributed by atoms with Gasteiger partial charge in [0.05, 0.1) is 0 Å². The molecule has 15 heavy (non-hydrogen) atoms. The fourth-order valence-electron chi connectivity index (χ4n) is 2.86. The summed E-state index contributed by atoms with van der Waals surface area (Å²) in [4.78, 5) is 14.1. The highest BCUT2D eigenvalue weighted by atomic mass is 16.2. The van der Waals surface area contributed by atoms with Crippen molar-refractivity contribution in [2.45, 2.75) is 37.8 Å². The maximum atomic E-state index is 12.2. The average Bonchev–Trinajstić information content (AvgIpc) is 2.13. The lowest BCUT2D eigenvalue weighted by molar-refractivity contribution is -0.142. The van der Waals surface area contributed by atoms with Crippen molar-refractivity contribution in [1.29, 1.82) is 0 Å². The van der Waals surface area contributed by atoms with Crippen LogP contribution in [0.3, 0.4) is 0 Å². The predicted molar refractivity (Wildman–Crippen MR) is 59.7 cm³/mol. The van der Waals surface area contributed by atoms with Crippen LogP contribution in [0.2, 0.25) is 0 Å². The number of rotatable bonds is 0. The SMILES string of the molecule is CN1CCNC2(CCNC(C)(C)C2)C1=O. The van der Waals surface area contributed by atoms with Gasteiger partial charge < -0.3 is 15.5 Å². The molecule has 2 N–H and O–H groups in total. The van der Waals surface area contributed by atoms with Gasteiger partial charge in [0.1, 0.15) is 5.54 Å². The minimum atomic E-state index is -0.304. The lowest BCUT2D eigenvalue weighted by Crippen LogP contribution is -2.69. The molecule has 1 atom stereocenters. The van der Waals surface area contributed by atoms with E-state index in [0.29, 0.717) is 0 Å². The van der Waals surface area contributed by atoms with Gasteiger partial charge in [-0.3, -0.25) is 4.79 Å². The van der Waals surface area contributed by atoms with Gasteiger partial charge in [-0.25, -0.2) is 0 Å². The number of amides is 1. The first-order chi connectivity index (χ1) is 6.95. The summed E-state index contributed by atoms with van der Waals surface area (Å²) >= 11 is 0. The van der Waals surface area contributed by atoms with E-state index >= 15 is 0 Å². The summed E-state index contributed by atoms with van der Waals surface area (Å²) in [6, 6.07) is 0. The highest BCUT2D eigenvalue weighted by molar-refractivity contribution is 5.87. The molecule has 1 amide bonds. The molecule has 0 aromatic carbocycles. The summed E-state index contributed by atoms with van der Waals surface area (Å²) in [5, 5.41) is 6.89. The number of hydrogen-bond acceptors (Lipinski definition) is 3. The van der Waals surface area contributed by atoms with E-state index in [1.54, 1.807) is 0 Å². The van der Waals surface area contributed by atoms with Gasteiger partial charge in [-0.2, -0.15) is 0 Å². The summed E-state index contributed by atoms with van der Waals surface area (Å²) in [5.74, 6) is 0.267. The Hall–Kier alpha value is -0.610. The van der Waals surface area contributed by atoms with Crippen LogP contribution in [-0.4, -0.2) is 48.6 Å². The minimum Gasteiger partial charge on any atom is -0.343 e. The largest absolute Gasteiger partial charge is 0.343 e. The molecule has 0 saturated carbocycles. The standard InChI is InChI=1S/C11H21N3O/c1-10(2)8-11(4-5-12-10)9(15)14(3)7-6-13-11/h12-13H,4-8H2,1-3H3. The van der Waals surface area contributed by atoms with Gasteiger partial charge in [-0.05, 0) is 33.2 Å². The maximum Gasteiger partial charge on any atom is 0.242 e. The van der Waals surface area contributed by atoms with Crippen molar-refractivity contribution < 1.29 is 4.79 Å². The van der Waals surface area contributed by atoms with Crippen LogP contribution in [0.15, 0.2) is 0 Å². The molecule has 0 aliphatic carbocycles. The Kier molecular flexibility index (Phi) is 2.51. The second-order valence-corrected chi connectivity index (χ2v) is 5.47. The molecular formula is C11H21N3O. The quantitative estimate of drug-likeness (QED) is 0.590. The number of nitrogens with one attached hydrogen (secondary N) is 2. The number of nitrogens with zero attached hydrogens (tertiary/aromatic N) is 1. The Balaban J connectivity index is 2.20. The number of carbonyl (C=O) groups is 1. The molecule has 0 radical (unpaired) electrons. The molecule has 4 nitrogen and oxygen atoms in total. The second kappa shape index (κ2) is 3.46. The molecule has 0 aromatic rings. The first-order valence-electron chi connectivity index (χ1n) is 5.71. The molecule has 2 aliphatic heterocycles. The minimum absolute atomic E-state index is 0.0547. The third-order valence-electron chi connectivity index (χ3n) is 3.57. The summed E-state index contributed by atoms with van der Waals surface area (Å²) in [6.07, 6.45) is 1.78. The number of likely N-dealkylation sites (N-methyl/N-ethyl adjacent to an activating group) is 1. The lowest BCUT2D eigenvalue weighted by atomic mass is 9.76. The summed E-state index contributed by atoms with van der Waals surface area (Å²) in [5.41, 5.74) is -0.249. The molecule has 2 fully saturated rings. The van der Waals surface area contributed by atoms with Gasteiger partial charge in [0.15, 0.2) is 0 Å². The van der Waals surface area contributed by atoms with Crippen LogP contribution in [0.5, 0.6) is 0 Å². The van der Waals surface area contributed by atoms with E-state index in [1.165, 1.54) is 0 Å². The van der Waals surface area contributed by atoms with Crippen molar-refractivity contribution in [1.82, 2.24) is 15.5 Å². The Morgan fingerprint density at radius 2 is 2.00 bits per heavy atom. The van der Waals surface area contributed by atoms with Gasteiger partial charge in [0.2, 0.25) is 5.91 Å². The number of piperazine rings is 1. The molecule has 4 heteroatoms. The highest BCUT2D eigenvalue weighted by Gasteiger charge is 2.47. The van der Waals surface area contributed by atoms with E-state index in [9.17, 15) is 4.79 Å². The number of piperidine rings is 1. The van der Waals surface area contributed by atoms with E-state index in [4.69, 9.17) is 0 Å². The van der Waals surface area contributed by atoms with Crippen molar-refractivity contribution in [2.75, 3.05) is 26.7 Å². The summed E-state index contributed by atoms with van der Waals surface area (Å²) in [6.45, 7) is 6.99. The summed E-state index contributed by atoms with van der Waals surface area (Å²) < 4.78 is 0. The van der Waals surface area contributed by atoms with Gasteiger partial charge in [-0.15, -0.1) is 0 Å². The topological polar surface area (TPSA) is 44.4 Å². The fourth-order valence-corrected chi connectivity index (χ4v) is 2.86. The van der Waals surface area contributed by atoms with Gasteiger partial charge >= 0.3 is 0 Å². The molecule has 2 rings (SSSR count). The van der Waals surface area contributed by atoms with Crippen molar-refractivity contribution in [3.63, 3.8) is 0 Å². The zero-order chi connectivity index (χ0) is 11.1. The van der Waals surface area contributed by atoms with Crippen LogP contribution >= 0.6 is 0 Å². The van der Waals surface area contributed by atoms with E-state index in [-0.39, 0.29) is 17.0 Å². The van der Waals surface area contributed by atoms with Crippen LogP contribution in [0.1, 0.15) is 26.7 Å². The summed E-state index contributed by atoms with van der Waals surface area (Å²) in [7, 11) is 1.90. The molecule has 0 aromatic heterocycles. The Morgan fingerprint density at radius 1 is 1.27 bits per heavy atom. The monoisotopic (exact) mass is 211 g/mol. The van der Waals surface area contributed by atoms with Gasteiger partial charge in [0.25, 0.3) is 0 Å². The van der Waals surface area contributed by atoms with E-state index in [0.717, 1.165) is 32.5 Å². The normalized spacial score (nSPS) is 35.9. The highest BCUT2D eigenvalue weighted by Crippen LogP contribution is 2.30. The van der Waals surface area contributed by atoms with Crippen LogP contribution in [0.4, 0.5) is 0 Å². The van der Waals surface area contributed by atoms with E-state index < -0.39 is 0 Å². The molecule has 86 valence electrons. The van der Waals surface area contributed by atoms with E-state index in [1.807, 2.05) is 11.9 Å². The average molecular weight is 211 g/mol. The molecule has 2 heterocycles. The lowest BCUT2D eigenvalue weighted by Gasteiger charge is -2.49. The maximum absolute atomic E-state index is 12.2. The first kappa shape index (κ1) is 10.9. The smallest absolute Gasteiger partial charge is 0.242 e. The van der Waals surface area contributed by atoms with Crippen LogP contribution < -0.4 is 10.6 Å². The van der Waals surface area contributed by atoms with Crippen LogP contribution in [0, 0.1) is 0 Å². The van der Waals surface area contributed by atoms with Gasteiger partial charge in [0, 0.05) is 25.7 Å².